The summed E-state index contributed by atoms with van der Waals surface area (Å²) >= 11 is 0. The van der Waals surface area contributed by atoms with Crippen LogP contribution in [0.1, 0.15) is 83.6 Å². The summed E-state index contributed by atoms with van der Waals surface area (Å²) in [5.41, 5.74) is 2.87. The Labute approximate surface area is 158 Å². The molecule has 5 nitrogen and oxygen atoms in total. The smallest absolute Gasteiger partial charge is 0.225 e. The number of anilines is 1. The molecule has 1 N–H and O–H groups in total. The van der Waals surface area contributed by atoms with Gasteiger partial charge in [-0.15, -0.1) is 5.10 Å². The molecule has 2 aromatic rings. The maximum atomic E-state index is 12.1. The number of aromatic nitrogens is 3. The molecule has 1 unspecified atom stereocenters. The molecule has 1 aromatic carbocycles. The number of rotatable bonds is 5. The van der Waals surface area contributed by atoms with Crippen LogP contribution in [0.25, 0.3) is 0 Å². The maximum absolute atomic E-state index is 12.1. The minimum Gasteiger partial charge on any atom is -0.326 e. The maximum Gasteiger partial charge on any atom is 0.225 e. The predicted molar refractivity (Wildman–Crippen MR) is 108 cm³/mol. The van der Waals surface area contributed by atoms with Crippen LogP contribution in [0.3, 0.4) is 0 Å². The Morgan fingerprint density at radius 1 is 1.19 bits per heavy atom. The Hall–Kier alpha value is -2.17. The van der Waals surface area contributed by atoms with Gasteiger partial charge >= 0.3 is 0 Å². The minimum atomic E-state index is 0.0105. The van der Waals surface area contributed by atoms with Crippen molar-refractivity contribution in [3.63, 3.8) is 0 Å². The third kappa shape index (κ3) is 5.68. The van der Waals surface area contributed by atoms with E-state index in [0.717, 1.165) is 17.1 Å². The van der Waals surface area contributed by atoms with Gasteiger partial charge in [0.1, 0.15) is 0 Å². The first-order chi connectivity index (χ1) is 12.6. The summed E-state index contributed by atoms with van der Waals surface area (Å²) in [6, 6.07) is 10.0. The molecule has 1 atom stereocenters. The monoisotopic (exact) mass is 358 g/mol. The lowest BCUT2D eigenvalue weighted by atomic mass is 9.93. The molecular weight excluding hydrogens is 324 g/mol. The van der Waals surface area contributed by atoms with Gasteiger partial charge in [-0.25, -0.2) is 4.68 Å². The van der Waals surface area contributed by atoms with Crippen molar-refractivity contribution in [2.24, 2.45) is 0 Å². The summed E-state index contributed by atoms with van der Waals surface area (Å²) in [6.45, 7) is 12.1. The lowest BCUT2D eigenvalue weighted by Gasteiger charge is -2.26. The number of nitrogens with one attached hydrogen (secondary N) is 1. The fourth-order valence-electron chi connectivity index (χ4n) is 2.89. The Morgan fingerprint density at radius 3 is 2.35 bits per heavy atom. The fourth-order valence-corrected chi connectivity index (χ4v) is 2.89. The van der Waals surface area contributed by atoms with Gasteiger partial charge in [0, 0.05) is 18.0 Å². The van der Waals surface area contributed by atoms with Gasteiger partial charge in [0.05, 0.1) is 17.4 Å². The van der Waals surface area contributed by atoms with Crippen molar-refractivity contribution in [3.8, 4) is 0 Å². The van der Waals surface area contributed by atoms with Gasteiger partial charge in [0.2, 0.25) is 5.91 Å². The summed E-state index contributed by atoms with van der Waals surface area (Å²) in [5, 5.41) is 11.5. The highest BCUT2D eigenvalue weighted by Crippen LogP contribution is 2.33. The number of hydrogen-bond donors (Lipinski definition) is 1. The molecule has 1 aliphatic rings. The van der Waals surface area contributed by atoms with Gasteiger partial charge in [-0.05, 0) is 38.3 Å². The van der Waals surface area contributed by atoms with Crippen LogP contribution in [0.2, 0.25) is 0 Å². The predicted octanol–water partition coefficient (Wildman–Crippen LogP) is 5.50. The fraction of sp³-hybridized carbons (Fsp3) is 0.571. The lowest BCUT2D eigenvalue weighted by molar-refractivity contribution is -0.116. The third-order valence-electron chi connectivity index (χ3n) is 4.40. The highest BCUT2D eigenvalue weighted by molar-refractivity contribution is 5.91. The van der Waals surface area contributed by atoms with Crippen molar-refractivity contribution >= 4 is 11.6 Å². The van der Waals surface area contributed by atoms with E-state index in [1.54, 1.807) is 0 Å². The normalized spacial score (nSPS) is 14.1. The van der Waals surface area contributed by atoms with Crippen molar-refractivity contribution in [2.45, 2.75) is 79.2 Å². The van der Waals surface area contributed by atoms with Gasteiger partial charge < -0.3 is 5.32 Å². The molecule has 0 bridgehead atoms. The summed E-state index contributed by atoms with van der Waals surface area (Å²) in [4.78, 5) is 12.1. The molecule has 3 rings (SSSR count). The van der Waals surface area contributed by atoms with E-state index in [0.29, 0.717) is 12.5 Å². The number of amides is 1. The Morgan fingerprint density at radius 2 is 1.81 bits per heavy atom. The summed E-state index contributed by atoms with van der Waals surface area (Å²) in [6.07, 6.45) is 4.06. The summed E-state index contributed by atoms with van der Waals surface area (Å²) in [5.74, 6) is 0.0776. The molecule has 26 heavy (non-hydrogen) atoms. The zero-order chi connectivity index (χ0) is 19.5. The quantitative estimate of drug-likeness (QED) is 0.768. The number of benzene rings is 1. The molecule has 1 aromatic heterocycles. The molecule has 5 heteroatoms. The van der Waals surface area contributed by atoms with E-state index < -0.39 is 0 Å². The van der Waals surface area contributed by atoms with Gasteiger partial charge in [-0.1, -0.05) is 58.0 Å². The zero-order valence-electron chi connectivity index (χ0n) is 17.1. The first kappa shape index (κ1) is 21.9. The van der Waals surface area contributed by atoms with E-state index in [2.05, 4.69) is 22.6 Å². The number of hydrogen-bond acceptors (Lipinski definition) is 3. The van der Waals surface area contributed by atoms with Crippen LogP contribution in [-0.4, -0.2) is 20.9 Å². The van der Waals surface area contributed by atoms with E-state index >= 15 is 0 Å². The highest BCUT2D eigenvalue weighted by Gasteiger charge is 2.25. The molecule has 1 aliphatic carbocycles. The number of carbonyl (C=O) groups is 1. The van der Waals surface area contributed by atoms with Gasteiger partial charge in [0.15, 0.2) is 0 Å². The van der Waals surface area contributed by atoms with E-state index in [9.17, 15) is 4.79 Å². The van der Waals surface area contributed by atoms with Gasteiger partial charge in [-0.3, -0.25) is 4.79 Å². The first-order valence-electron chi connectivity index (χ1n) is 9.91. The molecule has 1 fully saturated rings. The second kappa shape index (κ2) is 11.4. The van der Waals surface area contributed by atoms with Crippen LogP contribution in [0.5, 0.6) is 0 Å². The topological polar surface area (TPSA) is 59.8 Å². The molecule has 1 amide bonds. The largest absolute Gasteiger partial charge is 0.326 e. The Bertz CT molecular complexity index is 647. The van der Waals surface area contributed by atoms with Gasteiger partial charge in [0.25, 0.3) is 0 Å². The molecule has 144 valence electrons. The summed E-state index contributed by atoms with van der Waals surface area (Å²) in [7, 11) is 0. The minimum absolute atomic E-state index is 0.0105. The van der Waals surface area contributed by atoms with E-state index in [1.165, 1.54) is 19.3 Å². The highest BCUT2D eigenvalue weighted by atomic mass is 16.1. The summed E-state index contributed by atoms with van der Waals surface area (Å²) < 4.78 is 2.03. The average Bonchev–Trinajstić information content (AvgIpc) is 2.99. The van der Waals surface area contributed by atoms with E-state index in [-0.39, 0.29) is 11.8 Å². The number of nitrogens with zero attached hydrogens (tertiary/aromatic N) is 3. The second-order valence-corrected chi connectivity index (χ2v) is 6.11. The molecule has 0 saturated heterocycles. The third-order valence-corrected chi connectivity index (χ3v) is 4.40. The Balaban J connectivity index is 0.000000791. The van der Waals surface area contributed by atoms with Crippen LogP contribution in [0, 0.1) is 6.92 Å². The van der Waals surface area contributed by atoms with Crippen molar-refractivity contribution in [2.75, 3.05) is 5.32 Å². The first-order valence-corrected chi connectivity index (χ1v) is 9.91. The average molecular weight is 359 g/mol. The van der Waals surface area contributed by atoms with Crippen LogP contribution in [-0.2, 0) is 4.79 Å². The van der Waals surface area contributed by atoms with Crippen molar-refractivity contribution in [1.29, 1.82) is 0 Å². The molecule has 0 aliphatic heterocycles. The van der Waals surface area contributed by atoms with Crippen molar-refractivity contribution in [1.82, 2.24) is 15.0 Å². The van der Waals surface area contributed by atoms with Crippen molar-refractivity contribution in [3.05, 3.63) is 41.7 Å². The molecular formula is C21H34N4O. The standard InChI is InChI=1S/C17H22N4O.2C2H6/c1-12(11-16(22)18-14-7-4-3-5-8-14)17-13(2)21(20-19-17)15-9-6-10-15;2*1-2/h3-5,7-8,12,15H,6,9-11H2,1-2H3,(H,18,22);2*1-2H3. The van der Waals surface area contributed by atoms with Crippen LogP contribution < -0.4 is 5.32 Å². The molecule has 0 radical (unpaired) electrons. The molecule has 1 saturated carbocycles. The van der Waals surface area contributed by atoms with E-state index in [1.807, 2.05) is 69.6 Å². The van der Waals surface area contributed by atoms with Gasteiger partial charge in [-0.2, -0.15) is 0 Å². The van der Waals surface area contributed by atoms with Crippen molar-refractivity contribution < 1.29 is 4.79 Å². The second-order valence-electron chi connectivity index (χ2n) is 6.11. The number of para-hydroxylation sites is 1. The Kier molecular flexibility index (Phi) is 9.63. The van der Waals surface area contributed by atoms with Crippen LogP contribution in [0.15, 0.2) is 30.3 Å². The molecule has 0 spiro atoms. The van der Waals surface area contributed by atoms with E-state index in [4.69, 9.17) is 0 Å². The van der Waals surface area contributed by atoms with Crippen LogP contribution in [0.4, 0.5) is 5.69 Å². The molecule has 1 heterocycles. The zero-order valence-corrected chi connectivity index (χ0v) is 17.1. The lowest BCUT2D eigenvalue weighted by Crippen LogP contribution is -2.19. The number of carbonyl (C=O) groups excluding carboxylic acids is 1. The SMILES string of the molecule is CC.CC.Cc1c(C(C)CC(=O)Nc2ccccc2)nnn1C1CCC1. The van der Waals surface area contributed by atoms with Crippen LogP contribution >= 0.6 is 0 Å².